The van der Waals surface area contributed by atoms with Crippen molar-refractivity contribution < 1.29 is 5.11 Å². The number of benzene rings is 1. The number of aliphatic hydroxyl groups excluding tert-OH is 1. The number of aromatic nitrogens is 1. The molecule has 3 rings (SSSR count). The first-order chi connectivity index (χ1) is 14.6. The van der Waals surface area contributed by atoms with E-state index in [1.165, 1.54) is 0 Å². The first-order valence-corrected chi connectivity index (χ1v) is 11.0. The molecule has 2 heterocycles. The third-order valence-corrected chi connectivity index (χ3v) is 5.51. The third-order valence-electron chi connectivity index (χ3n) is 5.28. The monoisotopic (exact) mass is 430 g/mol. The van der Waals surface area contributed by atoms with Crippen molar-refractivity contribution in [3.63, 3.8) is 0 Å². The van der Waals surface area contributed by atoms with Gasteiger partial charge in [-0.3, -0.25) is 4.98 Å². The Morgan fingerprint density at radius 3 is 2.67 bits per heavy atom. The van der Waals surface area contributed by atoms with Crippen molar-refractivity contribution in [1.82, 2.24) is 15.6 Å². The molecule has 1 aliphatic heterocycles. The van der Waals surface area contributed by atoms with Gasteiger partial charge in [-0.2, -0.15) is 0 Å². The van der Waals surface area contributed by atoms with Crippen LogP contribution in [-0.2, 0) is 0 Å². The summed E-state index contributed by atoms with van der Waals surface area (Å²) in [4.78, 5) is 13.7. The normalized spacial score (nSPS) is 18.7. The molecule has 2 unspecified atom stereocenters. The van der Waals surface area contributed by atoms with Gasteiger partial charge in [0, 0.05) is 54.5 Å². The van der Waals surface area contributed by atoms with Crippen molar-refractivity contribution in [2.45, 2.75) is 39.2 Å². The second-order valence-electron chi connectivity index (χ2n) is 7.56. The van der Waals surface area contributed by atoms with Gasteiger partial charge in [0.1, 0.15) is 5.84 Å². The van der Waals surface area contributed by atoms with E-state index in [0.29, 0.717) is 11.0 Å². The molecule has 7 nitrogen and oxygen atoms in total. The lowest BCUT2D eigenvalue weighted by Gasteiger charge is -2.25. The Morgan fingerprint density at radius 1 is 1.00 bits per heavy atom. The lowest BCUT2D eigenvalue weighted by Crippen LogP contribution is -2.42. The average molecular weight is 431 g/mol. The number of rotatable bonds is 9. The minimum atomic E-state index is 0.173. The molecule has 1 aliphatic rings. The maximum Gasteiger partial charge on any atom is 0.219 e. The smallest absolute Gasteiger partial charge is 0.219 e. The van der Waals surface area contributed by atoms with E-state index in [4.69, 9.17) is 16.7 Å². The molecule has 2 atom stereocenters. The van der Waals surface area contributed by atoms with Crippen LogP contribution in [0.1, 0.15) is 33.1 Å². The van der Waals surface area contributed by atoms with Crippen LogP contribution in [0.4, 0.5) is 5.69 Å². The number of aliphatic imine (C=N–C) groups is 2. The fourth-order valence-corrected chi connectivity index (χ4v) is 3.51. The van der Waals surface area contributed by atoms with Crippen molar-refractivity contribution in [3.05, 3.63) is 35.5 Å². The predicted octanol–water partition coefficient (Wildman–Crippen LogP) is 3.43. The van der Waals surface area contributed by atoms with Gasteiger partial charge >= 0.3 is 0 Å². The summed E-state index contributed by atoms with van der Waals surface area (Å²) < 4.78 is 0. The van der Waals surface area contributed by atoms with Crippen LogP contribution in [0.25, 0.3) is 10.9 Å². The Balaban J connectivity index is 1.51. The highest BCUT2D eigenvalue weighted by molar-refractivity contribution is 6.31. The van der Waals surface area contributed by atoms with E-state index in [2.05, 4.69) is 44.8 Å². The van der Waals surface area contributed by atoms with Gasteiger partial charge in [0.2, 0.25) is 5.96 Å². The first-order valence-electron chi connectivity index (χ1n) is 10.6. The number of pyridine rings is 1. The zero-order chi connectivity index (χ0) is 21.3. The molecule has 0 fully saturated rings. The van der Waals surface area contributed by atoms with Gasteiger partial charge in [0.15, 0.2) is 0 Å². The molecule has 1 aromatic carbocycles. The first kappa shape index (κ1) is 22.3. The number of hydrogen-bond donors (Lipinski definition) is 4. The Kier molecular flexibility index (Phi) is 8.28. The van der Waals surface area contributed by atoms with Crippen LogP contribution in [-0.4, -0.2) is 54.2 Å². The number of aliphatic hydroxyl groups is 1. The van der Waals surface area contributed by atoms with Gasteiger partial charge in [-0.05, 0) is 50.5 Å². The van der Waals surface area contributed by atoms with Gasteiger partial charge in [0.25, 0.3) is 0 Å². The van der Waals surface area contributed by atoms with Crippen LogP contribution >= 0.6 is 11.6 Å². The standard InChI is InChI=1S/C22H31ClN6O/c1-15-16(2)28-22(27-9-4-3-5-13-30)29-21(15)26-12-11-25-19-8-10-24-20-14-17(23)6-7-18(19)20/h6-8,10,14-16,30H,3-5,9,11-13H2,1-2H3,(H,24,25)(H2,26,27,28,29). The van der Waals surface area contributed by atoms with Crippen LogP contribution < -0.4 is 16.0 Å². The van der Waals surface area contributed by atoms with E-state index in [9.17, 15) is 0 Å². The fraction of sp³-hybridized carbons (Fsp3) is 0.500. The lowest BCUT2D eigenvalue weighted by atomic mass is 10.0. The molecule has 4 N–H and O–H groups in total. The van der Waals surface area contributed by atoms with Crippen LogP contribution in [0, 0.1) is 5.92 Å². The highest BCUT2D eigenvalue weighted by Gasteiger charge is 2.23. The van der Waals surface area contributed by atoms with Gasteiger partial charge in [0.05, 0.1) is 11.6 Å². The summed E-state index contributed by atoms with van der Waals surface area (Å²) in [6.45, 7) is 6.82. The summed E-state index contributed by atoms with van der Waals surface area (Å²) in [6.07, 6.45) is 4.62. The molecule has 0 aliphatic carbocycles. The quantitative estimate of drug-likeness (QED) is 0.457. The second-order valence-corrected chi connectivity index (χ2v) is 8.00. The van der Waals surface area contributed by atoms with E-state index in [1.54, 1.807) is 6.20 Å². The van der Waals surface area contributed by atoms with E-state index >= 15 is 0 Å². The minimum Gasteiger partial charge on any atom is -0.396 e. The number of amidine groups is 1. The van der Waals surface area contributed by atoms with Crippen molar-refractivity contribution in [1.29, 1.82) is 0 Å². The summed E-state index contributed by atoms with van der Waals surface area (Å²) in [5.74, 6) is 1.90. The van der Waals surface area contributed by atoms with Gasteiger partial charge < -0.3 is 21.1 Å². The molecule has 0 bridgehead atoms. The number of fused-ring (bicyclic) bond motifs is 1. The Morgan fingerprint density at radius 2 is 1.83 bits per heavy atom. The molecule has 1 aromatic heterocycles. The Labute approximate surface area is 183 Å². The van der Waals surface area contributed by atoms with Crippen molar-refractivity contribution >= 4 is 40.0 Å². The van der Waals surface area contributed by atoms with Crippen LogP contribution in [0.3, 0.4) is 0 Å². The summed E-state index contributed by atoms with van der Waals surface area (Å²) in [6, 6.07) is 7.89. The molecule has 0 amide bonds. The molecule has 0 radical (unpaired) electrons. The zero-order valence-corrected chi connectivity index (χ0v) is 18.4. The Bertz CT molecular complexity index is 900. The SMILES string of the molecule is CC1N=C(NCCCCCO)N=C(NCCNc2ccnc3cc(Cl)ccc23)C1C. The average Bonchev–Trinajstić information content (AvgIpc) is 2.74. The van der Waals surface area contributed by atoms with Crippen molar-refractivity contribution in [2.75, 3.05) is 31.6 Å². The number of anilines is 1. The number of guanidine groups is 1. The van der Waals surface area contributed by atoms with Gasteiger partial charge in [-0.25, -0.2) is 9.98 Å². The second kappa shape index (κ2) is 11.1. The van der Waals surface area contributed by atoms with Crippen molar-refractivity contribution in [2.24, 2.45) is 15.9 Å². The molecule has 0 saturated carbocycles. The van der Waals surface area contributed by atoms with E-state index in [0.717, 1.165) is 61.3 Å². The lowest BCUT2D eigenvalue weighted by molar-refractivity contribution is 0.283. The van der Waals surface area contributed by atoms with Gasteiger partial charge in [-0.1, -0.05) is 18.5 Å². The Hall–Kier alpha value is -2.38. The zero-order valence-electron chi connectivity index (χ0n) is 17.7. The van der Waals surface area contributed by atoms with Crippen LogP contribution in [0.5, 0.6) is 0 Å². The maximum atomic E-state index is 8.86. The van der Waals surface area contributed by atoms with Crippen molar-refractivity contribution in [3.8, 4) is 0 Å². The van der Waals surface area contributed by atoms with Gasteiger partial charge in [-0.15, -0.1) is 0 Å². The molecule has 162 valence electrons. The predicted molar refractivity (Wildman–Crippen MR) is 126 cm³/mol. The molecule has 0 spiro atoms. The topological polar surface area (TPSA) is 93.9 Å². The van der Waals surface area contributed by atoms with Crippen LogP contribution in [0.15, 0.2) is 40.4 Å². The largest absolute Gasteiger partial charge is 0.396 e. The number of nitrogens with one attached hydrogen (secondary N) is 3. The highest BCUT2D eigenvalue weighted by Crippen LogP contribution is 2.24. The number of nitrogens with zero attached hydrogens (tertiary/aromatic N) is 3. The number of hydrogen-bond acceptors (Lipinski definition) is 7. The van der Waals surface area contributed by atoms with Crippen LogP contribution in [0.2, 0.25) is 5.02 Å². The van der Waals surface area contributed by atoms with E-state index in [1.807, 2.05) is 24.3 Å². The minimum absolute atomic E-state index is 0.173. The summed E-state index contributed by atoms with van der Waals surface area (Å²) in [7, 11) is 0. The third kappa shape index (κ3) is 6.06. The molecular weight excluding hydrogens is 400 g/mol. The fourth-order valence-electron chi connectivity index (χ4n) is 3.34. The summed E-state index contributed by atoms with van der Waals surface area (Å²) >= 11 is 6.07. The molecular formula is C22H31ClN6O. The summed E-state index contributed by atoms with van der Waals surface area (Å²) in [5.41, 5.74) is 1.92. The molecule has 8 heteroatoms. The molecule has 2 aromatic rings. The molecule has 30 heavy (non-hydrogen) atoms. The van der Waals surface area contributed by atoms with E-state index in [-0.39, 0.29) is 18.6 Å². The number of unbranched alkanes of at least 4 members (excludes halogenated alkanes) is 2. The summed E-state index contributed by atoms with van der Waals surface area (Å²) in [5, 5.41) is 20.9. The number of halogens is 1. The molecule has 0 saturated heterocycles. The van der Waals surface area contributed by atoms with E-state index < -0.39 is 0 Å². The highest BCUT2D eigenvalue weighted by atomic mass is 35.5. The maximum absolute atomic E-state index is 8.86.